The summed E-state index contributed by atoms with van der Waals surface area (Å²) in [6.45, 7) is 3.28. The number of phenolic OH excluding ortho intramolecular Hbond substituents is 1. The maximum atomic E-state index is 12.3. The number of benzene rings is 2. The Morgan fingerprint density at radius 2 is 1.74 bits per heavy atom. The monoisotopic (exact) mass is 527 g/mol. The molecule has 2 aromatic carbocycles. The number of aromatic hydroxyl groups is 1. The first-order chi connectivity index (χ1) is 16.3. The molecule has 1 aromatic heterocycles. The van der Waals surface area contributed by atoms with Crippen LogP contribution in [0.5, 0.6) is 11.5 Å². The molecule has 1 heterocycles. The molecule has 0 saturated carbocycles. The normalized spacial score (nSPS) is 10.1. The van der Waals surface area contributed by atoms with E-state index in [1.54, 1.807) is 29.4 Å². The zero-order chi connectivity index (χ0) is 25.1. The van der Waals surface area contributed by atoms with Gasteiger partial charge in [-0.3, -0.25) is 4.57 Å². The van der Waals surface area contributed by atoms with Crippen LogP contribution in [0.4, 0.5) is 4.79 Å². The smallest absolute Gasteiger partial charge is 0.337 e. The molecule has 0 bridgehead atoms. The largest absolute Gasteiger partial charge is 0.508 e. The number of hydrogen-bond donors (Lipinski definition) is 1. The SMILES string of the molecule is CCCN(CCOc1c(Cl)cc(Cl)cc1Cl)C(=O)n1ccnc1.COC(=O)c1ccc(O)cc1. The van der Waals surface area contributed by atoms with E-state index in [0.717, 1.165) is 6.42 Å². The number of methoxy groups -OCH3 is 1. The Hall–Kier alpha value is -2.94. The number of imidazole rings is 1. The molecule has 0 aliphatic carbocycles. The lowest BCUT2D eigenvalue weighted by Crippen LogP contribution is -2.37. The van der Waals surface area contributed by atoms with Gasteiger partial charge in [0, 0.05) is 24.0 Å². The minimum atomic E-state index is -0.398. The lowest BCUT2D eigenvalue weighted by molar-refractivity contribution is 0.0600. The molecule has 0 atom stereocenters. The molecule has 0 fully saturated rings. The van der Waals surface area contributed by atoms with Crippen LogP contribution in [0, 0.1) is 0 Å². The highest BCUT2D eigenvalue weighted by Crippen LogP contribution is 2.35. The van der Waals surface area contributed by atoms with E-state index in [9.17, 15) is 9.59 Å². The second kappa shape index (κ2) is 13.7. The van der Waals surface area contributed by atoms with E-state index in [2.05, 4.69) is 9.72 Å². The molecule has 0 aliphatic heterocycles. The van der Waals surface area contributed by atoms with Crippen LogP contribution in [0.1, 0.15) is 23.7 Å². The van der Waals surface area contributed by atoms with Crippen molar-refractivity contribution in [3.8, 4) is 11.5 Å². The van der Waals surface area contributed by atoms with Crippen LogP contribution in [-0.4, -0.2) is 58.4 Å². The van der Waals surface area contributed by atoms with Crippen LogP contribution in [-0.2, 0) is 4.74 Å². The third kappa shape index (κ3) is 8.13. The van der Waals surface area contributed by atoms with Gasteiger partial charge < -0.3 is 19.5 Å². The Morgan fingerprint density at radius 3 is 2.26 bits per heavy atom. The highest BCUT2D eigenvalue weighted by Gasteiger charge is 2.15. The molecule has 0 radical (unpaired) electrons. The van der Waals surface area contributed by atoms with Crippen LogP contribution in [0.2, 0.25) is 15.1 Å². The summed E-state index contributed by atoms with van der Waals surface area (Å²) in [5.74, 6) is 0.104. The lowest BCUT2D eigenvalue weighted by atomic mass is 10.2. The summed E-state index contributed by atoms with van der Waals surface area (Å²) in [6.07, 6.45) is 5.48. The summed E-state index contributed by atoms with van der Waals surface area (Å²) >= 11 is 18.0. The van der Waals surface area contributed by atoms with E-state index >= 15 is 0 Å². The molecule has 182 valence electrons. The minimum Gasteiger partial charge on any atom is -0.508 e. The van der Waals surface area contributed by atoms with Crippen molar-refractivity contribution < 1.29 is 24.2 Å². The van der Waals surface area contributed by atoms with Gasteiger partial charge in [-0.25, -0.2) is 14.6 Å². The van der Waals surface area contributed by atoms with Gasteiger partial charge in [0.25, 0.3) is 0 Å². The molecular weight excluding hydrogens is 505 g/mol. The molecule has 1 amide bonds. The van der Waals surface area contributed by atoms with E-state index in [0.29, 0.717) is 39.5 Å². The predicted octanol–water partition coefficient (Wildman–Crippen LogP) is 5.78. The summed E-state index contributed by atoms with van der Waals surface area (Å²) in [4.78, 5) is 28.7. The van der Waals surface area contributed by atoms with Crippen molar-refractivity contribution in [3.63, 3.8) is 0 Å². The number of esters is 1. The van der Waals surface area contributed by atoms with Gasteiger partial charge >= 0.3 is 12.0 Å². The fraction of sp³-hybridized carbons (Fsp3) is 0.261. The maximum Gasteiger partial charge on any atom is 0.337 e. The van der Waals surface area contributed by atoms with Crippen molar-refractivity contribution >= 4 is 46.8 Å². The van der Waals surface area contributed by atoms with Crippen molar-refractivity contribution in [2.45, 2.75) is 13.3 Å². The van der Waals surface area contributed by atoms with Crippen LogP contribution >= 0.6 is 34.8 Å². The first kappa shape index (κ1) is 27.3. The number of carbonyl (C=O) groups is 2. The standard InChI is InChI=1S/C15H16Cl3N3O2.C8H8O3/c1-2-4-20(15(22)21-5-3-19-10-21)6-7-23-14-12(17)8-11(16)9-13(14)18;1-11-8(10)6-2-4-7(9)5-3-6/h3,5,8-10H,2,4,6-7H2,1H3;2-5,9H,1H3. The fourth-order valence-corrected chi connectivity index (χ4v) is 3.67. The van der Waals surface area contributed by atoms with E-state index in [-0.39, 0.29) is 18.4 Å². The molecule has 0 saturated heterocycles. The Labute approximate surface area is 212 Å². The summed E-state index contributed by atoms with van der Waals surface area (Å²) in [5, 5.41) is 9.98. The third-order valence-electron chi connectivity index (χ3n) is 4.35. The van der Waals surface area contributed by atoms with E-state index in [1.807, 2.05) is 6.92 Å². The highest BCUT2D eigenvalue weighted by molar-refractivity contribution is 6.40. The second-order valence-electron chi connectivity index (χ2n) is 6.83. The zero-order valence-electron chi connectivity index (χ0n) is 18.6. The van der Waals surface area contributed by atoms with Crippen LogP contribution in [0.25, 0.3) is 0 Å². The Balaban J connectivity index is 0.000000310. The first-order valence-corrected chi connectivity index (χ1v) is 11.3. The third-order valence-corrected chi connectivity index (χ3v) is 5.13. The summed E-state index contributed by atoms with van der Waals surface area (Å²) in [6, 6.07) is 8.84. The molecule has 0 spiro atoms. The molecule has 3 aromatic rings. The van der Waals surface area contributed by atoms with Gasteiger partial charge in [0.15, 0.2) is 5.75 Å². The first-order valence-electron chi connectivity index (χ1n) is 10.2. The van der Waals surface area contributed by atoms with E-state index in [1.165, 1.54) is 42.3 Å². The van der Waals surface area contributed by atoms with E-state index in [4.69, 9.17) is 44.6 Å². The van der Waals surface area contributed by atoms with Crippen molar-refractivity contribution in [2.24, 2.45) is 0 Å². The molecule has 1 N–H and O–H groups in total. The number of hydrogen-bond acceptors (Lipinski definition) is 6. The van der Waals surface area contributed by atoms with Crippen LogP contribution in [0.3, 0.4) is 0 Å². The minimum absolute atomic E-state index is 0.137. The quantitative estimate of drug-likeness (QED) is 0.391. The zero-order valence-corrected chi connectivity index (χ0v) is 20.8. The van der Waals surface area contributed by atoms with Gasteiger partial charge in [-0.1, -0.05) is 41.7 Å². The van der Waals surface area contributed by atoms with Gasteiger partial charge in [0.1, 0.15) is 18.7 Å². The molecule has 0 aliphatic rings. The fourth-order valence-electron chi connectivity index (χ4n) is 2.75. The molecule has 3 rings (SSSR count). The summed E-state index contributed by atoms with van der Waals surface area (Å²) < 4.78 is 11.5. The van der Waals surface area contributed by atoms with Crippen molar-refractivity contribution in [2.75, 3.05) is 26.8 Å². The highest BCUT2D eigenvalue weighted by atomic mass is 35.5. The van der Waals surface area contributed by atoms with Gasteiger partial charge in [0.05, 0.1) is 29.3 Å². The number of phenols is 1. The average Bonchev–Trinajstić information content (AvgIpc) is 3.35. The van der Waals surface area contributed by atoms with Gasteiger partial charge in [0.2, 0.25) is 0 Å². The van der Waals surface area contributed by atoms with Crippen LogP contribution in [0.15, 0.2) is 55.1 Å². The Morgan fingerprint density at radius 1 is 1.09 bits per heavy atom. The summed E-state index contributed by atoms with van der Waals surface area (Å²) in [7, 11) is 1.31. The molecule has 11 heteroatoms. The number of carbonyl (C=O) groups excluding carboxylic acids is 2. The average molecular weight is 529 g/mol. The Bertz CT molecular complexity index is 1050. The predicted molar refractivity (Wildman–Crippen MR) is 131 cm³/mol. The maximum absolute atomic E-state index is 12.3. The van der Waals surface area contributed by atoms with Gasteiger partial charge in [-0.05, 0) is 42.8 Å². The number of ether oxygens (including phenoxy) is 2. The molecule has 34 heavy (non-hydrogen) atoms. The number of halogens is 3. The molecule has 8 nitrogen and oxygen atoms in total. The molecule has 0 unspecified atom stereocenters. The van der Waals surface area contributed by atoms with E-state index < -0.39 is 5.97 Å². The number of aromatic nitrogens is 2. The van der Waals surface area contributed by atoms with Crippen LogP contribution < -0.4 is 4.74 Å². The van der Waals surface area contributed by atoms with Gasteiger partial charge in [-0.2, -0.15) is 0 Å². The number of amides is 1. The van der Waals surface area contributed by atoms with Crippen molar-refractivity contribution in [1.29, 1.82) is 0 Å². The lowest BCUT2D eigenvalue weighted by Gasteiger charge is -2.22. The van der Waals surface area contributed by atoms with Crippen molar-refractivity contribution in [3.05, 3.63) is 75.8 Å². The number of rotatable bonds is 7. The molecular formula is C23H24Cl3N3O5. The number of nitrogens with zero attached hydrogens (tertiary/aromatic N) is 3. The topological polar surface area (TPSA) is 93.9 Å². The van der Waals surface area contributed by atoms with Gasteiger partial charge in [-0.15, -0.1) is 0 Å². The summed E-state index contributed by atoms with van der Waals surface area (Å²) in [5.41, 5.74) is 0.435. The van der Waals surface area contributed by atoms with Crippen molar-refractivity contribution in [1.82, 2.24) is 14.5 Å². The second-order valence-corrected chi connectivity index (χ2v) is 8.08. The Kier molecular flexibility index (Phi) is 11.0.